The van der Waals surface area contributed by atoms with Gasteiger partial charge < -0.3 is 4.74 Å². The van der Waals surface area contributed by atoms with Crippen LogP contribution in [0.4, 0.5) is 0 Å². The van der Waals surface area contributed by atoms with Crippen LogP contribution in [0.5, 0.6) is 0 Å². The average molecular weight is 374 g/mol. The van der Waals surface area contributed by atoms with Gasteiger partial charge in [0.15, 0.2) is 0 Å². The predicted molar refractivity (Wildman–Crippen MR) is 72.8 cm³/mol. The zero-order chi connectivity index (χ0) is 18.0. The Hall–Kier alpha value is -2.51. The van der Waals surface area contributed by atoms with Gasteiger partial charge in [-0.1, -0.05) is 12.1 Å². The maximum absolute atomic E-state index is 11.5. The molecule has 0 unspecified atom stereocenters. The zero-order valence-electron chi connectivity index (χ0n) is 12.3. The van der Waals surface area contributed by atoms with E-state index in [9.17, 15) is 9.59 Å². The van der Waals surface area contributed by atoms with E-state index in [4.69, 9.17) is 20.7 Å². The number of esters is 2. The average Bonchev–Trinajstić information content (AvgIpc) is 2.47. The Morgan fingerprint density at radius 3 is 1.54 bits per heavy atom. The molecule has 128 valence electrons. The first-order valence-corrected chi connectivity index (χ1v) is 8.65. The fraction of sp³-hybridized carbons (Fsp3) is 0.143. The van der Waals surface area contributed by atoms with Gasteiger partial charge in [0.1, 0.15) is 0 Å². The van der Waals surface area contributed by atoms with Gasteiger partial charge in [-0.3, -0.25) is 19.6 Å². The van der Waals surface area contributed by atoms with Gasteiger partial charge in [0.05, 0.1) is 24.2 Å². The summed E-state index contributed by atoms with van der Waals surface area (Å²) in [5.41, 5.74) is 1.14. The molecule has 0 spiro atoms. The van der Waals surface area contributed by atoms with Crippen LogP contribution in [0.25, 0.3) is 0 Å². The molecule has 0 bridgehead atoms. The molecule has 2 aromatic rings. The number of hydrogen-bond acceptors (Lipinski definition) is 7. The monoisotopic (exact) mass is 374 g/mol. The quantitative estimate of drug-likeness (QED) is 0.557. The van der Waals surface area contributed by atoms with Crippen LogP contribution < -0.4 is 0 Å². The molecule has 0 saturated carbocycles. The van der Waals surface area contributed by atoms with Crippen LogP contribution in [0.2, 0.25) is 0 Å². The Morgan fingerprint density at radius 2 is 1.25 bits per heavy atom. The number of carbonyl (C=O) groups excluding carboxylic acids is 2. The molecule has 0 radical (unpaired) electrons. The molecule has 0 atom stereocenters. The van der Waals surface area contributed by atoms with E-state index < -0.39 is 25.6 Å². The van der Waals surface area contributed by atoms with E-state index in [2.05, 4.69) is 9.97 Å². The van der Waals surface area contributed by atoms with Crippen LogP contribution in [-0.2, 0) is 48.4 Å². The first kappa shape index (κ1) is 19.5. The van der Waals surface area contributed by atoms with Crippen LogP contribution in [0, 0.1) is 0 Å². The Bertz CT molecular complexity index is 705. The zero-order valence-corrected chi connectivity index (χ0v) is 13.5. The molecule has 24 heavy (non-hydrogen) atoms. The van der Waals surface area contributed by atoms with Gasteiger partial charge in [0.25, 0.3) is 0 Å². The van der Waals surface area contributed by atoms with Crippen molar-refractivity contribution in [2.75, 3.05) is 0 Å². The number of ether oxygens (including phenoxy) is 1. The second-order valence-electron chi connectivity index (χ2n) is 4.29. The summed E-state index contributed by atoms with van der Waals surface area (Å²) >= 11 is -5.25. The van der Waals surface area contributed by atoms with E-state index in [0.29, 0.717) is 11.4 Å². The minimum absolute atomic E-state index is 0.0190. The van der Waals surface area contributed by atoms with Gasteiger partial charge in [0, 0.05) is 12.4 Å². The second-order valence-corrected chi connectivity index (χ2v) is 5.69. The van der Waals surface area contributed by atoms with E-state index in [-0.39, 0.29) is 12.8 Å². The van der Waals surface area contributed by atoms with E-state index >= 15 is 0 Å². The summed E-state index contributed by atoms with van der Waals surface area (Å²) in [5, 5.41) is 0. The van der Waals surface area contributed by atoms with Crippen LogP contribution in [0.15, 0.2) is 48.8 Å². The molecule has 0 aliphatic carbocycles. The molecular formula is C14H14CrN2O7. The van der Waals surface area contributed by atoms with Crippen molar-refractivity contribution >= 4 is 11.9 Å². The third-order valence-corrected chi connectivity index (χ3v) is 2.33. The Balaban J connectivity index is 0.000000505. The summed E-state index contributed by atoms with van der Waals surface area (Å²) < 4.78 is 36.6. The minimum atomic E-state index is -5.25. The van der Waals surface area contributed by atoms with Crippen molar-refractivity contribution in [3.8, 4) is 0 Å². The summed E-state index contributed by atoms with van der Waals surface area (Å²) in [7, 11) is 0. The molecule has 2 N–H and O–H groups in total. The third kappa shape index (κ3) is 10.3. The molecule has 0 fully saturated rings. The molecule has 0 amide bonds. The topological polar surface area (TPSA) is 144 Å². The van der Waals surface area contributed by atoms with Gasteiger partial charge >= 0.3 is 41.5 Å². The second kappa shape index (κ2) is 9.59. The Morgan fingerprint density at radius 1 is 0.875 bits per heavy atom. The summed E-state index contributed by atoms with van der Waals surface area (Å²) in [6, 6.07) is 10.4. The summed E-state index contributed by atoms with van der Waals surface area (Å²) in [5.74, 6) is -1.22. The molecule has 2 aromatic heterocycles. The predicted octanol–water partition coefficient (Wildman–Crippen LogP) is -0.0225. The number of rotatable bonds is 4. The Kier molecular flexibility index (Phi) is 7.81. The van der Waals surface area contributed by atoms with E-state index in [1.165, 1.54) is 0 Å². The summed E-state index contributed by atoms with van der Waals surface area (Å²) in [4.78, 5) is 31.0. The van der Waals surface area contributed by atoms with Crippen LogP contribution >= 0.6 is 0 Å². The maximum atomic E-state index is 11.5. The normalized spacial score (nSPS) is 10.2. The van der Waals surface area contributed by atoms with Gasteiger partial charge in [0.2, 0.25) is 0 Å². The van der Waals surface area contributed by atoms with Crippen molar-refractivity contribution in [2.24, 2.45) is 0 Å². The van der Waals surface area contributed by atoms with Crippen LogP contribution in [0.3, 0.4) is 0 Å². The van der Waals surface area contributed by atoms with Gasteiger partial charge in [-0.2, -0.15) is 0 Å². The number of aromatic nitrogens is 2. The molecule has 0 aliphatic rings. The van der Waals surface area contributed by atoms with Crippen LogP contribution in [0.1, 0.15) is 11.4 Å². The molecular weight excluding hydrogens is 360 g/mol. The number of carbonyl (C=O) groups is 2. The summed E-state index contributed by atoms with van der Waals surface area (Å²) in [6.45, 7) is 0. The molecule has 2 heterocycles. The van der Waals surface area contributed by atoms with E-state index in [0.717, 1.165) is 0 Å². The summed E-state index contributed by atoms with van der Waals surface area (Å²) in [6.07, 6.45) is 3.13. The molecule has 0 saturated heterocycles. The number of pyridine rings is 2. The van der Waals surface area contributed by atoms with E-state index in [1.807, 2.05) is 0 Å². The van der Waals surface area contributed by atoms with Crippen molar-refractivity contribution in [3.05, 3.63) is 60.2 Å². The number of hydrogen-bond donors (Lipinski definition) is 2. The fourth-order valence-electron chi connectivity index (χ4n) is 1.50. The Labute approximate surface area is 139 Å². The molecule has 0 aliphatic heterocycles. The number of nitrogens with zero attached hydrogens (tertiary/aromatic N) is 2. The van der Waals surface area contributed by atoms with Gasteiger partial charge in [-0.05, 0) is 24.3 Å². The fourth-order valence-corrected chi connectivity index (χ4v) is 1.50. The molecule has 10 heteroatoms. The van der Waals surface area contributed by atoms with Gasteiger partial charge in [-0.25, -0.2) is 0 Å². The van der Waals surface area contributed by atoms with Crippen molar-refractivity contribution in [3.63, 3.8) is 0 Å². The van der Waals surface area contributed by atoms with Crippen LogP contribution in [-0.4, -0.2) is 30.2 Å². The third-order valence-electron chi connectivity index (χ3n) is 2.33. The van der Waals surface area contributed by atoms with Crippen molar-refractivity contribution in [2.45, 2.75) is 12.8 Å². The molecule has 0 aromatic carbocycles. The van der Waals surface area contributed by atoms with E-state index in [1.54, 1.807) is 48.8 Å². The van der Waals surface area contributed by atoms with Crippen molar-refractivity contribution in [1.82, 2.24) is 9.97 Å². The van der Waals surface area contributed by atoms with Crippen molar-refractivity contribution in [1.29, 1.82) is 0 Å². The first-order valence-electron chi connectivity index (χ1n) is 6.47. The van der Waals surface area contributed by atoms with Crippen molar-refractivity contribution < 1.29 is 43.9 Å². The van der Waals surface area contributed by atoms with Gasteiger partial charge in [-0.15, -0.1) is 0 Å². The first-order chi connectivity index (χ1) is 11.2. The standard InChI is InChI=1S/C14H12N2O3.Cr.2H2O.2O/c17-13(9-11-5-1-3-7-15-11)19-14(18)10-12-6-2-4-8-16-12;;;;;/h1-8H,9-10H2;;2*1H2;;/q;+2;;;;/p-2. The molecule has 2 rings (SSSR count). The molecule has 9 nitrogen and oxygen atoms in total. The SMILES string of the molecule is O=C(Cc1ccccn1)OC(=O)Cc1ccccn1.[O]=[Cr](=[O])([OH])[OH].